The zero-order valence-corrected chi connectivity index (χ0v) is 12.4. The molecular formula is C13H24N4O2. The number of carbonyl (C=O) groups is 1. The van der Waals surface area contributed by atoms with Crippen LogP contribution in [0.4, 0.5) is 0 Å². The van der Waals surface area contributed by atoms with Crippen molar-refractivity contribution in [1.82, 2.24) is 20.0 Å². The molecule has 6 nitrogen and oxygen atoms in total. The normalized spacial score (nSPS) is 11.3. The molecule has 0 aliphatic rings. The fourth-order valence-electron chi connectivity index (χ4n) is 1.64. The van der Waals surface area contributed by atoms with Crippen LogP contribution in [0.1, 0.15) is 24.3 Å². The van der Waals surface area contributed by atoms with E-state index in [4.69, 9.17) is 4.74 Å². The standard InChI is InChI=1S/C13H24N4O2/c1-10(2)14-8-11(18)13-12(19-5)9-15-17(13)7-6-16(3)4/h9-10,14H,6-8H2,1-5H3. The van der Waals surface area contributed by atoms with E-state index in [0.717, 1.165) is 6.54 Å². The molecule has 1 aromatic rings. The van der Waals surface area contributed by atoms with Gasteiger partial charge in [-0.3, -0.25) is 9.48 Å². The minimum absolute atomic E-state index is 0.00167. The molecule has 0 bridgehead atoms. The van der Waals surface area contributed by atoms with Gasteiger partial charge in [0.2, 0.25) is 0 Å². The Kier molecular flexibility index (Phi) is 5.98. The highest BCUT2D eigenvalue weighted by Gasteiger charge is 2.19. The molecule has 1 heterocycles. The minimum atomic E-state index is 0.00167. The average Bonchev–Trinajstić information content (AvgIpc) is 2.76. The van der Waals surface area contributed by atoms with Crippen molar-refractivity contribution in [3.05, 3.63) is 11.9 Å². The second-order valence-corrected chi connectivity index (χ2v) is 5.05. The zero-order chi connectivity index (χ0) is 14.4. The van der Waals surface area contributed by atoms with Gasteiger partial charge in [0.1, 0.15) is 5.69 Å². The van der Waals surface area contributed by atoms with Gasteiger partial charge < -0.3 is 15.0 Å². The quantitative estimate of drug-likeness (QED) is 0.701. The molecule has 0 radical (unpaired) electrons. The number of hydrogen-bond acceptors (Lipinski definition) is 5. The molecule has 108 valence electrons. The first kappa shape index (κ1) is 15.7. The van der Waals surface area contributed by atoms with E-state index < -0.39 is 0 Å². The van der Waals surface area contributed by atoms with E-state index in [0.29, 0.717) is 24.5 Å². The van der Waals surface area contributed by atoms with E-state index in [1.54, 1.807) is 18.0 Å². The number of ether oxygens (including phenoxy) is 1. The Morgan fingerprint density at radius 2 is 2.21 bits per heavy atom. The van der Waals surface area contributed by atoms with Gasteiger partial charge in [0, 0.05) is 12.6 Å². The largest absolute Gasteiger partial charge is 0.493 e. The molecule has 0 aromatic carbocycles. The second-order valence-electron chi connectivity index (χ2n) is 5.05. The molecule has 0 amide bonds. The smallest absolute Gasteiger partial charge is 0.198 e. The maximum atomic E-state index is 12.2. The fraction of sp³-hybridized carbons (Fsp3) is 0.692. The van der Waals surface area contributed by atoms with Crippen molar-refractivity contribution >= 4 is 5.78 Å². The highest BCUT2D eigenvalue weighted by atomic mass is 16.5. The summed E-state index contributed by atoms with van der Waals surface area (Å²) in [5.41, 5.74) is 0.539. The Labute approximate surface area is 114 Å². The summed E-state index contributed by atoms with van der Waals surface area (Å²) in [6.07, 6.45) is 1.60. The molecule has 0 fully saturated rings. The third kappa shape index (κ3) is 4.65. The summed E-state index contributed by atoms with van der Waals surface area (Å²) >= 11 is 0. The van der Waals surface area contributed by atoms with Crippen molar-refractivity contribution < 1.29 is 9.53 Å². The number of ketones is 1. The summed E-state index contributed by atoms with van der Waals surface area (Å²) in [7, 11) is 5.53. The third-order valence-electron chi connectivity index (χ3n) is 2.72. The number of rotatable bonds is 8. The number of nitrogens with one attached hydrogen (secondary N) is 1. The van der Waals surface area contributed by atoms with E-state index in [9.17, 15) is 4.79 Å². The zero-order valence-electron chi connectivity index (χ0n) is 12.4. The van der Waals surface area contributed by atoms with Crippen molar-refractivity contribution in [3.63, 3.8) is 0 Å². The minimum Gasteiger partial charge on any atom is -0.493 e. The Balaban J connectivity index is 2.82. The van der Waals surface area contributed by atoms with Crippen molar-refractivity contribution in [1.29, 1.82) is 0 Å². The van der Waals surface area contributed by atoms with Gasteiger partial charge in [0.25, 0.3) is 0 Å². The lowest BCUT2D eigenvalue weighted by Gasteiger charge is -2.13. The highest BCUT2D eigenvalue weighted by molar-refractivity contribution is 5.98. The summed E-state index contributed by atoms with van der Waals surface area (Å²) in [4.78, 5) is 14.3. The number of Topliss-reactive ketones (excluding diaryl/α,β-unsaturated/α-hetero) is 1. The molecule has 0 aliphatic carbocycles. The van der Waals surface area contributed by atoms with Crippen LogP contribution in [0, 0.1) is 0 Å². The number of aromatic nitrogens is 2. The van der Waals surface area contributed by atoms with E-state index in [1.807, 2.05) is 27.9 Å². The predicted octanol–water partition coefficient (Wildman–Crippen LogP) is 0.634. The molecule has 0 atom stereocenters. The van der Waals surface area contributed by atoms with Gasteiger partial charge in [-0.25, -0.2) is 0 Å². The van der Waals surface area contributed by atoms with Crippen LogP contribution in [0.25, 0.3) is 0 Å². The maximum Gasteiger partial charge on any atom is 0.198 e. The van der Waals surface area contributed by atoms with Crippen LogP contribution < -0.4 is 10.1 Å². The topological polar surface area (TPSA) is 59.4 Å². The van der Waals surface area contributed by atoms with Gasteiger partial charge in [0.15, 0.2) is 11.5 Å². The van der Waals surface area contributed by atoms with Gasteiger partial charge in [-0.05, 0) is 14.1 Å². The van der Waals surface area contributed by atoms with Crippen LogP contribution in [-0.4, -0.2) is 60.8 Å². The lowest BCUT2D eigenvalue weighted by Crippen LogP contribution is -2.31. The van der Waals surface area contributed by atoms with Crippen LogP contribution in [0.15, 0.2) is 6.20 Å². The third-order valence-corrected chi connectivity index (χ3v) is 2.72. The van der Waals surface area contributed by atoms with Crippen LogP contribution >= 0.6 is 0 Å². The van der Waals surface area contributed by atoms with Gasteiger partial charge in [-0.15, -0.1) is 0 Å². The van der Waals surface area contributed by atoms with E-state index in [1.165, 1.54) is 0 Å². The predicted molar refractivity (Wildman–Crippen MR) is 74.8 cm³/mol. The molecule has 0 spiro atoms. The summed E-state index contributed by atoms with van der Waals surface area (Å²) in [6, 6.07) is 0.271. The number of nitrogens with zero attached hydrogens (tertiary/aromatic N) is 3. The van der Waals surface area contributed by atoms with Crippen LogP contribution in [0.3, 0.4) is 0 Å². The van der Waals surface area contributed by atoms with Crippen molar-refractivity contribution in [2.75, 3.05) is 34.3 Å². The summed E-state index contributed by atoms with van der Waals surface area (Å²) in [5.74, 6) is 0.538. The Morgan fingerprint density at radius 3 is 2.74 bits per heavy atom. The number of hydrogen-bond donors (Lipinski definition) is 1. The van der Waals surface area contributed by atoms with Gasteiger partial charge in [-0.2, -0.15) is 5.10 Å². The van der Waals surface area contributed by atoms with E-state index in [2.05, 4.69) is 15.3 Å². The average molecular weight is 268 g/mol. The van der Waals surface area contributed by atoms with Gasteiger partial charge >= 0.3 is 0 Å². The lowest BCUT2D eigenvalue weighted by atomic mass is 10.2. The summed E-state index contributed by atoms with van der Waals surface area (Å²) in [6.45, 7) is 5.80. The molecule has 0 saturated carbocycles. The van der Waals surface area contributed by atoms with Gasteiger partial charge in [0.05, 0.1) is 26.4 Å². The molecule has 1 aromatic heterocycles. The Morgan fingerprint density at radius 1 is 1.53 bits per heavy atom. The number of likely N-dealkylation sites (N-methyl/N-ethyl adjacent to an activating group) is 1. The van der Waals surface area contributed by atoms with Crippen molar-refractivity contribution in [2.24, 2.45) is 0 Å². The highest BCUT2D eigenvalue weighted by Crippen LogP contribution is 2.17. The number of methoxy groups -OCH3 is 1. The molecule has 6 heteroatoms. The second kappa shape index (κ2) is 7.25. The first-order valence-electron chi connectivity index (χ1n) is 6.46. The molecule has 0 unspecified atom stereocenters. The molecule has 1 rings (SSSR count). The van der Waals surface area contributed by atoms with Crippen LogP contribution in [0.2, 0.25) is 0 Å². The van der Waals surface area contributed by atoms with Crippen LogP contribution in [0.5, 0.6) is 5.75 Å². The first-order chi connectivity index (χ1) is 8.95. The van der Waals surface area contributed by atoms with Gasteiger partial charge in [-0.1, -0.05) is 13.8 Å². The summed E-state index contributed by atoms with van der Waals surface area (Å²) < 4.78 is 6.93. The van der Waals surface area contributed by atoms with Crippen molar-refractivity contribution in [2.45, 2.75) is 26.4 Å². The van der Waals surface area contributed by atoms with E-state index >= 15 is 0 Å². The molecule has 0 saturated heterocycles. The van der Waals surface area contributed by atoms with E-state index in [-0.39, 0.29) is 11.8 Å². The van der Waals surface area contributed by atoms with Crippen LogP contribution in [-0.2, 0) is 6.54 Å². The molecular weight excluding hydrogens is 244 g/mol. The Bertz CT molecular complexity index is 413. The fourth-order valence-corrected chi connectivity index (χ4v) is 1.64. The number of carbonyl (C=O) groups excluding carboxylic acids is 1. The SMILES string of the molecule is COc1cnn(CCN(C)C)c1C(=O)CNC(C)C. The lowest BCUT2D eigenvalue weighted by molar-refractivity contribution is 0.0974. The first-order valence-corrected chi connectivity index (χ1v) is 6.46. The van der Waals surface area contributed by atoms with Crippen molar-refractivity contribution in [3.8, 4) is 5.75 Å². The maximum absolute atomic E-state index is 12.2. The Hall–Kier alpha value is -1.40. The molecule has 0 aliphatic heterocycles. The monoisotopic (exact) mass is 268 g/mol. The molecule has 1 N–H and O–H groups in total. The molecule has 19 heavy (non-hydrogen) atoms. The summed E-state index contributed by atoms with van der Waals surface area (Å²) in [5, 5.41) is 7.34.